The molecule has 0 spiro atoms. The Morgan fingerprint density at radius 1 is 1.32 bits per heavy atom. The van der Waals surface area contributed by atoms with E-state index in [0.29, 0.717) is 6.42 Å². The average Bonchev–Trinajstić information content (AvgIpc) is 2.36. The first kappa shape index (κ1) is 15.2. The molecule has 0 unspecified atom stereocenters. The van der Waals surface area contributed by atoms with Crippen LogP contribution in [0.5, 0.6) is 0 Å². The first-order chi connectivity index (χ1) is 9.08. The number of ketones is 1. The molecule has 0 radical (unpaired) electrons. The van der Waals surface area contributed by atoms with Crippen molar-refractivity contribution >= 4 is 11.9 Å². The van der Waals surface area contributed by atoms with Gasteiger partial charge in [-0.3, -0.25) is 4.79 Å². The van der Waals surface area contributed by atoms with Crippen LogP contribution in [0, 0.1) is 0 Å². The van der Waals surface area contributed by atoms with Crippen LogP contribution < -0.4 is 5.32 Å². The summed E-state index contributed by atoms with van der Waals surface area (Å²) in [7, 11) is 0. The topological polar surface area (TPSA) is 75.6 Å². The molecular formula is C14H19NO4. The maximum absolute atomic E-state index is 11.3. The van der Waals surface area contributed by atoms with Gasteiger partial charge in [-0.1, -0.05) is 30.3 Å². The SMILES string of the molecule is CC(=O)C[C@H](O)CCNC(=O)OCc1ccccc1. The van der Waals surface area contributed by atoms with Crippen molar-refractivity contribution in [3.63, 3.8) is 0 Å². The summed E-state index contributed by atoms with van der Waals surface area (Å²) >= 11 is 0. The molecule has 2 N–H and O–H groups in total. The third-order valence-corrected chi connectivity index (χ3v) is 2.48. The third-order valence-electron chi connectivity index (χ3n) is 2.48. The molecule has 0 aliphatic carbocycles. The van der Waals surface area contributed by atoms with Gasteiger partial charge in [0.25, 0.3) is 0 Å². The molecule has 5 heteroatoms. The molecule has 1 aromatic rings. The van der Waals surface area contributed by atoms with Gasteiger partial charge in [0.1, 0.15) is 12.4 Å². The van der Waals surface area contributed by atoms with Crippen molar-refractivity contribution in [3.8, 4) is 0 Å². The van der Waals surface area contributed by atoms with Crippen LogP contribution in [0.25, 0.3) is 0 Å². The minimum Gasteiger partial charge on any atom is -0.445 e. The molecule has 0 fully saturated rings. The van der Waals surface area contributed by atoms with Crippen LogP contribution in [-0.4, -0.2) is 29.6 Å². The lowest BCUT2D eigenvalue weighted by Crippen LogP contribution is -2.28. The van der Waals surface area contributed by atoms with Gasteiger partial charge >= 0.3 is 6.09 Å². The zero-order valence-electron chi connectivity index (χ0n) is 11.0. The second kappa shape index (κ2) is 8.26. The molecule has 1 rings (SSSR count). The Morgan fingerprint density at radius 2 is 2.00 bits per heavy atom. The van der Waals surface area contributed by atoms with Crippen LogP contribution in [0.1, 0.15) is 25.3 Å². The predicted molar refractivity (Wildman–Crippen MR) is 70.6 cm³/mol. The third kappa shape index (κ3) is 7.21. The van der Waals surface area contributed by atoms with E-state index in [1.54, 1.807) is 0 Å². The minimum atomic E-state index is -0.716. The first-order valence-electron chi connectivity index (χ1n) is 6.20. The lowest BCUT2D eigenvalue weighted by atomic mass is 10.1. The fraction of sp³-hybridized carbons (Fsp3) is 0.429. The van der Waals surface area contributed by atoms with Gasteiger partial charge < -0.3 is 15.2 Å². The van der Waals surface area contributed by atoms with Crippen molar-refractivity contribution in [2.45, 2.75) is 32.5 Å². The number of benzene rings is 1. The van der Waals surface area contributed by atoms with Crippen molar-refractivity contribution in [2.24, 2.45) is 0 Å². The highest BCUT2D eigenvalue weighted by molar-refractivity contribution is 5.75. The van der Waals surface area contributed by atoms with E-state index in [2.05, 4.69) is 5.32 Å². The lowest BCUT2D eigenvalue weighted by molar-refractivity contribution is -0.118. The predicted octanol–water partition coefficient (Wildman–Crippen LogP) is 1.64. The van der Waals surface area contributed by atoms with E-state index in [9.17, 15) is 14.7 Å². The Morgan fingerprint density at radius 3 is 2.63 bits per heavy atom. The molecule has 0 aliphatic heterocycles. The second-order valence-electron chi connectivity index (χ2n) is 4.34. The number of Topliss-reactive ketones (excluding diaryl/α,β-unsaturated/α-hetero) is 1. The number of amides is 1. The van der Waals surface area contributed by atoms with Crippen molar-refractivity contribution < 1.29 is 19.4 Å². The smallest absolute Gasteiger partial charge is 0.407 e. The molecule has 0 aliphatic rings. The number of hydrogen-bond donors (Lipinski definition) is 2. The molecule has 5 nitrogen and oxygen atoms in total. The molecule has 1 atom stereocenters. The Hall–Kier alpha value is -1.88. The van der Waals surface area contributed by atoms with Crippen molar-refractivity contribution in [3.05, 3.63) is 35.9 Å². The molecule has 0 saturated carbocycles. The summed E-state index contributed by atoms with van der Waals surface area (Å²) in [5, 5.41) is 12.0. The van der Waals surface area contributed by atoms with E-state index >= 15 is 0 Å². The summed E-state index contributed by atoms with van der Waals surface area (Å²) in [6.07, 6.45) is -0.799. The Balaban J connectivity index is 2.13. The Bertz CT molecular complexity index is 405. The highest BCUT2D eigenvalue weighted by Crippen LogP contribution is 2.01. The van der Waals surface area contributed by atoms with Crippen molar-refractivity contribution in [1.82, 2.24) is 5.32 Å². The van der Waals surface area contributed by atoms with Gasteiger partial charge in [-0.15, -0.1) is 0 Å². The molecular weight excluding hydrogens is 246 g/mol. The largest absolute Gasteiger partial charge is 0.445 e. The normalized spacial score (nSPS) is 11.7. The van der Waals surface area contributed by atoms with E-state index in [4.69, 9.17) is 4.74 Å². The van der Waals surface area contributed by atoms with Crippen LogP contribution in [0.4, 0.5) is 4.79 Å². The number of carbonyl (C=O) groups excluding carboxylic acids is 2. The quantitative estimate of drug-likeness (QED) is 0.786. The number of rotatable bonds is 7. The van der Waals surface area contributed by atoms with Gasteiger partial charge in [0, 0.05) is 13.0 Å². The molecule has 1 amide bonds. The molecule has 0 heterocycles. The number of alkyl carbamates (subject to hydrolysis) is 1. The summed E-state index contributed by atoms with van der Waals surface area (Å²) in [4.78, 5) is 22.1. The van der Waals surface area contributed by atoms with Gasteiger partial charge in [0.2, 0.25) is 0 Å². The van der Waals surface area contributed by atoms with E-state index in [-0.39, 0.29) is 25.4 Å². The van der Waals surface area contributed by atoms with Crippen LogP contribution in [0.15, 0.2) is 30.3 Å². The number of ether oxygens (including phenoxy) is 1. The standard InChI is InChI=1S/C14H19NO4/c1-11(16)9-13(17)7-8-15-14(18)19-10-12-5-3-2-4-6-12/h2-6,13,17H,7-10H2,1H3,(H,15,18)/t13-/m1/s1. The van der Waals surface area contributed by atoms with Crippen LogP contribution in [0.2, 0.25) is 0 Å². The van der Waals surface area contributed by atoms with Crippen molar-refractivity contribution in [1.29, 1.82) is 0 Å². The molecule has 0 bridgehead atoms. The summed E-state index contributed by atoms with van der Waals surface area (Å²) in [5.74, 6) is -0.0702. The molecule has 1 aromatic carbocycles. The highest BCUT2D eigenvalue weighted by Gasteiger charge is 2.08. The van der Waals surface area contributed by atoms with Crippen molar-refractivity contribution in [2.75, 3.05) is 6.54 Å². The van der Waals surface area contributed by atoms with E-state index in [0.717, 1.165) is 5.56 Å². The highest BCUT2D eigenvalue weighted by atomic mass is 16.5. The van der Waals surface area contributed by atoms with Crippen LogP contribution >= 0.6 is 0 Å². The zero-order chi connectivity index (χ0) is 14.1. The van der Waals surface area contributed by atoms with Gasteiger partial charge in [-0.05, 0) is 18.9 Å². The number of carbonyl (C=O) groups is 2. The molecule has 19 heavy (non-hydrogen) atoms. The summed E-state index contributed by atoms with van der Waals surface area (Å²) in [6, 6.07) is 9.36. The van der Waals surface area contributed by atoms with Crippen LogP contribution in [-0.2, 0) is 16.1 Å². The summed E-state index contributed by atoms with van der Waals surface area (Å²) in [6.45, 7) is 1.91. The maximum Gasteiger partial charge on any atom is 0.407 e. The average molecular weight is 265 g/mol. The minimum absolute atomic E-state index is 0.0702. The van der Waals surface area contributed by atoms with Gasteiger partial charge in [0.05, 0.1) is 6.10 Å². The van der Waals surface area contributed by atoms with Crippen LogP contribution in [0.3, 0.4) is 0 Å². The monoisotopic (exact) mass is 265 g/mol. The first-order valence-corrected chi connectivity index (χ1v) is 6.20. The van der Waals surface area contributed by atoms with E-state index in [1.807, 2.05) is 30.3 Å². The maximum atomic E-state index is 11.3. The molecule has 0 aromatic heterocycles. The number of aliphatic hydroxyl groups is 1. The molecule has 104 valence electrons. The fourth-order valence-corrected chi connectivity index (χ4v) is 1.55. The second-order valence-corrected chi connectivity index (χ2v) is 4.34. The summed E-state index contributed by atoms with van der Waals surface area (Å²) < 4.78 is 4.99. The van der Waals surface area contributed by atoms with E-state index in [1.165, 1.54) is 6.92 Å². The van der Waals surface area contributed by atoms with Gasteiger partial charge in [0.15, 0.2) is 0 Å². The van der Waals surface area contributed by atoms with Gasteiger partial charge in [-0.25, -0.2) is 4.79 Å². The number of hydrogen-bond acceptors (Lipinski definition) is 4. The zero-order valence-corrected chi connectivity index (χ0v) is 11.0. The lowest BCUT2D eigenvalue weighted by Gasteiger charge is -2.10. The fourth-order valence-electron chi connectivity index (χ4n) is 1.55. The summed E-state index contributed by atoms with van der Waals surface area (Å²) in [5.41, 5.74) is 0.911. The van der Waals surface area contributed by atoms with E-state index < -0.39 is 12.2 Å². The Kier molecular flexibility index (Phi) is 6.60. The number of aliphatic hydroxyl groups excluding tert-OH is 1. The molecule has 0 saturated heterocycles. The Labute approximate surface area is 112 Å². The van der Waals surface area contributed by atoms with Gasteiger partial charge in [-0.2, -0.15) is 0 Å². The number of nitrogens with one attached hydrogen (secondary N) is 1.